The van der Waals surface area contributed by atoms with Crippen LogP contribution in [-0.2, 0) is 11.2 Å². The Labute approximate surface area is 120 Å². The molecule has 4 nitrogen and oxygen atoms in total. The zero-order valence-electron chi connectivity index (χ0n) is 12.5. The summed E-state index contributed by atoms with van der Waals surface area (Å²) in [6.45, 7) is 10.9. The normalized spacial score (nSPS) is 24.6. The largest absolute Gasteiger partial charge is 0.339 e. The second-order valence-electron chi connectivity index (χ2n) is 6.33. The van der Waals surface area contributed by atoms with Gasteiger partial charge in [-0.2, -0.15) is 4.98 Å². The van der Waals surface area contributed by atoms with Gasteiger partial charge >= 0.3 is 0 Å². The van der Waals surface area contributed by atoms with E-state index in [0.29, 0.717) is 0 Å². The molecule has 1 unspecified atom stereocenters. The molecule has 0 saturated carbocycles. The van der Waals surface area contributed by atoms with Gasteiger partial charge in [-0.05, 0) is 25.8 Å². The van der Waals surface area contributed by atoms with Crippen LogP contribution in [0.25, 0.3) is 0 Å². The van der Waals surface area contributed by atoms with E-state index in [0.717, 1.165) is 43.4 Å². The highest BCUT2D eigenvalue weighted by atomic mass is 32.2. The van der Waals surface area contributed by atoms with Crippen molar-refractivity contribution in [2.24, 2.45) is 0 Å². The predicted octanol–water partition coefficient (Wildman–Crippen LogP) is 3.13. The molecule has 0 bridgehead atoms. The van der Waals surface area contributed by atoms with Gasteiger partial charge in [-0.15, -0.1) is 11.8 Å². The number of hydrogen-bond donors (Lipinski definition) is 1. The summed E-state index contributed by atoms with van der Waals surface area (Å²) >= 11 is 1.85. The van der Waals surface area contributed by atoms with Crippen LogP contribution in [0.2, 0.25) is 0 Å². The van der Waals surface area contributed by atoms with E-state index in [2.05, 4.69) is 43.2 Å². The fourth-order valence-corrected chi connectivity index (χ4v) is 3.09. The van der Waals surface area contributed by atoms with Crippen LogP contribution in [0.4, 0.5) is 0 Å². The number of thioether (sulfide) groups is 1. The Kier molecular flexibility index (Phi) is 4.56. The lowest BCUT2D eigenvalue weighted by atomic mass is 9.78. The molecule has 108 valence electrons. The van der Waals surface area contributed by atoms with E-state index < -0.39 is 0 Å². The summed E-state index contributed by atoms with van der Waals surface area (Å²) in [5, 5.41) is 7.61. The molecule has 2 heterocycles. The highest BCUT2D eigenvalue weighted by Crippen LogP contribution is 2.34. The highest BCUT2D eigenvalue weighted by molar-refractivity contribution is 7.99. The average Bonchev–Trinajstić information content (AvgIpc) is 2.86. The number of rotatable bonds is 4. The molecule has 0 spiro atoms. The molecule has 1 atom stereocenters. The standard InChI is InChI=1S/C14H25N3OS/c1-5-14(7-6-8-15-10-14)12-16-11(17-18-12)9-19-13(2,3)4/h15H,5-10H2,1-4H3. The first-order valence-electron chi connectivity index (χ1n) is 7.13. The molecule has 19 heavy (non-hydrogen) atoms. The second kappa shape index (κ2) is 5.83. The number of hydrogen-bond acceptors (Lipinski definition) is 5. The van der Waals surface area contributed by atoms with E-state index >= 15 is 0 Å². The van der Waals surface area contributed by atoms with E-state index in [1.165, 1.54) is 6.42 Å². The minimum absolute atomic E-state index is 0.0515. The van der Waals surface area contributed by atoms with Crippen LogP contribution < -0.4 is 5.32 Å². The second-order valence-corrected chi connectivity index (χ2v) is 8.13. The number of aromatic nitrogens is 2. The molecule has 1 aromatic heterocycles. The van der Waals surface area contributed by atoms with E-state index in [-0.39, 0.29) is 10.2 Å². The van der Waals surface area contributed by atoms with Crippen molar-refractivity contribution in [3.8, 4) is 0 Å². The van der Waals surface area contributed by atoms with Crippen LogP contribution in [0.5, 0.6) is 0 Å². The number of nitrogens with zero attached hydrogens (tertiary/aromatic N) is 2. The van der Waals surface area contributed by atoms with Crippen LogP contribution in [-0.4, -0.2) is 28.0 Å². The van der Waals surface area contributed by atoms with Gasteiger partial charge in [-0.1, -0.05) is 32.9 Å². The molecule has 0 aliphatic carbocycles. The summed E-state index contributed by atoms with van der Waals surface area (Å²) in [5.74, 6) is 2.47. The summed E-state index contributed by atoms with van der Waals surface area (Å²) in [6, 6.07) is 0. The quantitative estimate of drug-likeness (QED) is 0.920. The van der Waals surface area contributed by atoms with Crippen molar-refractivity contribution in [1.82, 2.24) is 15.5 Å². The third kappa shape index (κ3) is 3.72. The maximum absolute atomic E-state index is 5.55. The van der Waals surface area contributed by atoms with Gasteiger partial charge in [0, 0.05) is 11.3 Å². The maximum Gasteiger partial charge on any atom is 0.234 e. The van der Waals surface area contributed by atoms with Gasteiger partial charge in [0.2, 0.25) is 5.89 Å². The lowest BCUT2D eigenvalue weighted by Gasteiger charge is -2.33. The van der Waals surface area contributed by atoms with Crippen molar-refractivity contribution in [2.45, 2.75) is 62.9 Å². The first kappa shape index (κ1) is 14.9. The minimum atomic E-state index is 0.0515. The van der Waals surface area contributed by atoms with Crippen molar-refractivity contribution < 1.29 is 4.52 Å². The minimum Gasteiger partial charge on any atom is -0.339 e. The van der Waals surface area contributed by atoms with Crippen LogP contribution in [0.1, 0.15) is 58.7 Å². The Morgan fingerprint density at radius 3 is 2.79 bits per heavy atom. The van der Waals surface area contributed by atoms with E-state index in [4.69, 9.17) is 4.52 Å². The van der Waals surface area contributed by atoms with Crippen molar-refractivity contribution in [3.63, 3.8) is 0 Å². The Hall–Kier alpha value is -0.550. The topological polar surface area (TPSA) is 51.0 Å². The Bertz CT molecular complexity index is 405. The van der Waals surface area contributed by atoms with Crippen LogP contribution in [0.15, 0.2) is 4.52 Å². The Morgan fingerprint density at radius 2 is 2.21 bits per heavy atom. The average molecular weight is 283 g/mol. The first-order chi connectivity index (χ1) is 8.95. The molecular weight excluding hydrogens is 258 g/mol. The summed E-state index contributed by atoms with van der Waals surface area (Å²) in [4.78, 5) is 4.64. The van der Waals surface area contributed by atoms with E-state index in [9.17, 15) is 0 Å². The third-order valence-electron chi connectivity index (χ3n) is 3.71. The van der Waals surface area contributed by atoms with Crippen molar-refractivity contribution in [2.75, 3.05) is 13.1 Å². The SMILES string of the molecule is CCC1(c2nc(CSC(C)(C)C)no2)CCCNC1. The van der Waals surface area contributed by atoms with Crippen molar-refractivity contribution in [3.05, 3.63) is 11.7 Å². The van der Waals surface area contributed by atoms with Gasteiger partial charge in [0.1, 0.15) is 0 Å². The fourth-order valence-electron chi connectivity index (χ4n) is 2.41. The van der Waals surface area contributed by atoms with E-state index in [1.807, 2.05) is 11.8 Å². The number of piperidine rings is 1. The van der Waals surface area contributed by atoms with Gasteiger partial charge in [0.15, 0.2) is 5.82 Å². The first-order valence-corrected chi connectivity index (χ1v) is 8.11. The molecule has 1 saturated heterocycles. The Morgan fingerprint density at radius 1 is 1.42 bits per heavy atom. The lowest BCUT2D eigenvalue weighted by Crippen LogP contribution is -2.43. The van der Waals surface area contributed by atoms with Crippen molar-refractivity contribution >= 4 is 11.8 Å². The highest BCUT2D eigenvalue weighted by Gasteiger charge is 2.37. The van der Waals surface area contributed by atoms with Crippen LogP contribution in [0, 0.1) is 0 Å². The van der Waals surface area contributed by atoms with Gasteiger partial charge in [-0.25, -0.2) is 0 Å². The van der Waals surface area contributed by atoms with Gasteiger partial charge in [0.05, 0.1) is 11.2 Å². The molecule has 5 heteroatoms. The molecule has 1 N–H and O–H groups in total. The Balaban J connectivity index is 2.06. The zero-order chi connectivity index (χ0) is 13.9. The van der Waals surface area contributed by atoms with Gasteiger partial charge in [-0.3, -0.25) is 0 Å². The molecule has 2 rings (SSSR count). The molecule has 1 aliphatic heterocycles. The van der Waals surface area contributed by atoms with Gasteiger partial charge < -0.3 is 9.84 Å². The summed E-state index contributed by atoms with van der Waals surface area (Å²) in [6.07, 6.45) is 3.38. The molecule has 0 amide bonds. The predicted molar refractivity (Wildman–Crippen MR) is 79.4 cm³/mol. The molecule has 0 aromatic carbocycles. The lowest BCUT2D eigenvalue weighted by molar-refractivity contribution is 0.220. The third-order valence-corrected chi connectivity index (χ3v) is 4.97. The van der Waals surface area contributed by atoms with Gasteiger partial charge in [0.25, 0.3) is 0 Å². The molecule has 0 radical (unpaired) electrons. The monoisotopic (exact) mass is 283 g/mol. The number of nitrogens with one attached hydrogen (secondary N) is 1. The molecule has 1 fully saturated rings. The smallest absolute Gasteiger partial charge is 0.234 e. The van der Waals surface area contributed by atoms with Crippen LogP contribution >= 0.6 is 11.8 Å². The summed E-state index contributed by atoms with van der Waals surface area (Å²) in [7, 11) is 0. The maximum atomic E-state index is 5.55. The molecular formula is C14H25N3OS. The fraction of sp³-hybridized carbons (Fsp3) is 0.857. The summed E-state index contributed by atoms with van der Waals surface area (Å²) < 4.78 is 5.78. The zero-order valence-corrected chi connectivity index (χ0v) is 13.3. The molecule has 1 aromatic rings. The summed E-state index contributed by atoms with van der Waals surface area (Å²) in [5.41, 5.74) is 0.0515. The van der Waals surface area contributed by atoms with Crippen molar-refractivity contribution in [1.29, 1.82) is 0 Å². The molecule has 1 aliphatic rings. The van der Waals surface area contributed by atoms with Crippen LogP contribution in [0.3, 0.4) is 0 Å². The van der Waals surface area contributed by atoms with E-state index in [1.54, 1.807) is 0 Å².